The molecular formula is C16H27NO. The first-order valence-electron chi connectivity index (χ1n) is 7.08. The number of aryl methyl sites for hydroxylation is 1. The van der Waals surface area contributed by atoms with Gasteiger partial charge in [-0.3, -0.25) is 0 Å². The number of hydrogen-bond donors (Lipinski definition) is 2. The minimum Gasteiger partial charge on any atom is -0.396 e. The SMILES string of the molecule is CCCC(CCO)CNC(C)c1ccccc1C. The van der Waals surface area contributed by atoms with Crippen molar-refractivity contribution in [3.8, 4) is 0 Å². The molecule has 1 aromatic carbocycles. The highest BCUT2D eigenvalue weighted by atomic mass is 16.3. The second-order valence-electron chi connectivity index (χ2n) is 5.15. The first kappa shape index (κ1) is 15.2. The monoisotopic (exact) mass is 249 g/mol. The molecule has 18 heavy (non-hydrogen) atoms. The van der Waals surface area contributed by atoms with Gasteiger partial charge in [0.25, 0.3) is 0 Å². The van der Waals surface area contributed by atoms with Gasteiger partial charge in [-0.2, -0.15) is 0 Å². The molecule has 2 nitrogen and oxygen atoms in total. The lowest BCUT2D eigenvalue weighted by atomic mass is 9.98. The minimum absolute atomic E-state index is 0.297. The molecule has 2 heteroatoms. The number of aliphatic hydroxyl groups is 1. The van der Waals surface area contributed by atoms with Crippen molar-refractivity contribution in [1.29, 1.82) is 0 Å². The summed E-state index contributed by atoms with van der Waals surface area (Å²) in [6.45, 7) is 7.86. The molecule has 0 aromatic heterocycles. The van der Waals surface area contributed by atoms with Crippen LogP contribution in [0.15, 0.2) is 24.3 Å². The molecule has 1 aromatic rings. The van der Waals surface area contributed by atoms with Crippen molar-refractivity contribution in [2.24, 2.45) is 5.92 Å². The predicted molar refractivity (Wildman–Crippen MR) is 77.7 cm³/mol. The lowest BCUT2D eigenvalue weighted by Crippen LogP contribution is -2.26. The highest BCUT2D eigenvalue weighted by Crippen LogP contribution is 2.18. The maximum atomic E-state index is 9.06. The zero-order chi connectivity index (χ0) is 13.4. The van der Waals surface area contributed by atoms with E-state index in [1.807, 2.05) is 0 Å². The normalized spacial score (nSPS) is 14.4. The summed E-state index contributed by atoms with van der Waals surface area (Å²) < 4.78 is 0. The summed E-state index contributed by atoms with van der Waals surface area (Å²) in [5, 5.41) is 12.7. The number of rotatable bonds is 8. The molecule has 2 unspecified atom stereocenters. The van der Waals surface area contributed by atoms with E-state index in [-0.39, 0.29) is 0 Å². The summed E-state index contributed by atoms with van der Waals surface area (Å²) in [5.41, 5.74) is 2.71. The third-order valence-electron chi connectivity index (χ3n) is 3.60. The Morgan fingerprint density at radius 1 is 1.22 bits per heavy atom. The van der Waals surface area contributed by atoms with Crippen LogP contribution in [-0.2, 0) is 0 Å². The Kier molecular flexibility index (Phi) is 6.99. The Morgan fingerprint density at radius 3 is 2.56 bits per heavy atom. The summed E-state index contributed by atoms with van der Waals surface area (Å²) in [6.07, 6.45) is 3.28. The van der Waals surface area contributed by atoms with Gasteiger partial charge in [0.15, 0.2) is 0 Å². The minimum atomic E-state index is 0.297. The van der Waals surface area contributed by atoms with Crippen molar-refractivity contribution in [3.63, 3.8) is 0 Å². The van der Waals surface area contributed by atoms with Gasteiger partial charge >= 0.3 is 0 Å². The molecule has 2 atom stereocenters. The molecule has 1 rings (SSSR count). The number of benzene rings is 1. The molecule has 102 valence electrons. The van der Waals surface area contributed by atoms with E-state index in [2.05, 4.69) is 50.4 Å². The predicted octanol–water partition coefficient (Wildman–Crippen LogP) is 3.44. The van der Waals surface area contributed by atoms with E-state index in [4.69, 9.17) is 5.11 Å². The summed E-state index contributed by atoms with van der Waals surface area (Å²) in [4.78, 5) is 0. The van der Waals surface area contributed by atoms with Gasteiger partial charge in [0.05, 0.1) is 0 Å². The second kappa shape index (κ2) is 8.28. The van der Waals surface area contributed by atoms with Gasteiger partial charge in [-0.1, -0.05) is 37.6 Å². The summed E-state index contributed by atoms with van der Waals surface area (Å²) in [7, 11) is 0. The Hall–Kier alpha value is -0.860. The first-order chi connectivity index (χ1) is 8.69. The highest BCUT2D eigenvalue weighted by molar-refractivity contribution is 5.28. The van der Waals surface area contributed by atoms with E-state index in [0.717, 1.165) is 13.0 Å². The molecule has 0 fully saturated rings. The van der Waals surface area contributed by atoms with Gasteiger partial charge in [0, 0.05) is 12.6 Å². The van der Waals surface area contributed by atoms with Crippen LogP contribution in [0.4, 0.5) is 0 Å². The summed E-state index contributed by atoms with van der Waals surface area (Å²) in [6, 6.07) is 8.90. The smallest absolute Gasteiger partial charge is 0.0434 e. The molecule has 0 spiro atoms. The van der Waals surface area contributed by atoms with Crippen LogP contribution in [0.1, 0.15) is 50.3 Å². The lowest BCUT2D eigenvalue weighted by Gasteiger charge is -2.21. The quantitative estimate of drug-likeness (QED) is 0.739. The van der Waals surface area contributed by atoms with Crippen molar-refractivity contribution in [2.45, 2.75) is 46.1 Å². The molecule has 0 radical (unpaired) electrons. The standard InChI is InChI=1S/C16H27NO/c1-4-7-15(10-11-18)12-17-14(3)16-9-6-5-8-13(16)2/h5-6,8-9,14-15,17-18H,4,7,10-12H2,1-3H3. The van der Waals surface area contributed by atoms with Crippen LogP contribution in [0, 0.1) is 12.8 Å². The molecule has 0 saturated heterocycles. The molecule has 0 bridgehead atoms. The topological polar surface area (TPSA) is 32.3 Å². The third-order valence-corrected chi connectivity index (χ3v) is 3.60. The van der Waals surface area contributed by atoms with E-state index in [0.29, 0.717) is 18.6 Å². The molecule has 0 heterocycles. The molecule has 0 saturated carbocycles. The molecule has 0 aliphatic rings. The molecule has 2 N–H and O–H groups in total. The van der Waals surface area contributed by atoms with E-state index in [9.17, 15) is 0 Å². The van der Waals surface area contributed by atoms with Gasteiger partial charge in [0.1, 0.15) is 0 Å². The fraction of sp³-hybridized carbons (Fsp3) is 0.625. The molecule has 0 aliphatic carbocycles. The fourth-order valence-corrected chi connectivity index (χ4v) is 2.47. The number of aliphatic hydroxyl groups excluding tert-OH is 1. The Labute approximate surface area is 111 Å². The second-order valence-corrected chi connectivity index (χ2v) is 5.15. The van der Waals surface area contributed by atoms with Crippen LogP contribution in [0.2, 0.25) is 0 Å². The highest BCUT2D eigenvalue weighted by Gasteiger charge is 2.11. The maximum Gasteiger partial charge on any atom is 0.0434 e. The van der Waals surface area contributed by atoms with Crippen LogP contribution in [0.5, 0.6) is 0 Å². The zero-order valence-corrected chi connectivity index (χ0v) is 11.9. The zero-order valence-electron chi connectivity index (χ0n) is 11.9. The van der Waals surface area contributed by atoms with E-state index in [1.165, 1.54) is 24.0 Å². The van der Waals surface area contributed by atoms with Crippen molar-refractivity contribution in [2.75, 3.05) is 13.2 Å². The van der Waals surface area contributed by atoms with Crippen molar-refractivity contribution < 1.29 is 5.11 Å². The Morgan fingerprint density at radius 2 is 1.94 bits per heavy atom. The maximum absolute atomic E-state index is 9.06. The lowest BCUT2D eigenvalue weighted by molar-refractivity contribution is 0.245. The van der Waals surface area contributed by atoms with E-state index < -0.39 is 0 Å². The van der Waals surface area contributed by atoms with Gasteiger partial charge in [-0.15, -0.1) is 0 Å². The van der Waals surface area contributed by atoms with Crippen molar-refractivity contribution in [1.82, 2.24) is 5.32 Å². The fourth-order valence-electron chi connectivity index (χ4n) is 2.47. The van der Waals surface area contributed by atoms with Gasteiger partial charge < -0.3 is 10.4 Å². The van der Waals surface area contributed by atoms with Gasteiger partial charge in [-0.05, 0) is 50.3 Å². The van der Waals surface area contributed by atoms with Crippen LogP contribution in [0.25, 0.3) is 0 Å². The average Bonchev–Trinajstić information content (AvgIpc) is 2.36. The third kappa shape index (κ3) is 4.79. The van der Waals surface area contributed by atoms with Crippen LogP contribution in [0.3, 0.4) is 0 Å². The summed E-state index contributed by atoms with van der Waals surface area (Å²) >= 11 is 0. The van der Waals surface area contributed by atoms with Crippen molar-refractivity contribution >= 4 is 0 Å². The number of hydrogen-bond acceptors (Lipinski definition) is 2. The molecule has 0 aliphatic heterocycles. The van der Waals surface area contributed by atoms with Crippen LogP contribution < -0.4 is 5.32 Å². The Balaban J connectivity index is 2.49. The number of nitrogens with one attached hydrogen (secondary N) is 1. The van der Waals surface area contributed by atoms with Crippen LogP contribution in [-0.4, -0.2) is 18.3 Å². The van der Waals surface area contributed by atoms with Gasteiger partial charge in [0.2, 0.25) is 0 Å². The van der Waals surface area contributed by atoms with E-state index in [1.54, 1.807) is 0 Å². The molecule has 0 amide bonds. The molecular weight excluding hydrogens is 222 g/mol. The average molecular weight is 249 g/mol. The van der Waals surface area contributed by atoms with Crippen molar-refractivity contribution in [3.05, 3.63) is 35.4 Å². The van der Waals surface area contributed by atoms with E-state index >= 15 is 0 Å². The summed E-state index contributed by atoms with van der Waals surface area (Å²) in [5.74, 6) is 0.589. The Bertz CT molecular complexity index is 332. The first-order valence-corrected chi connectivity index (χ1v) is 7.08. The van der Waals surface area contributed by atoms with Gasteiger partial charge in [-0.25, -0.2) is 0 Å². The largest absolute Gasteiger partial charge is 0.396 e. The van der Waals surface area contributed by atoms with Crippen LogP contribution >= 0.6 is 0 Å².